The van der Waals surface area contributed by atoms with Crippen molar-refractivity contribution in [1.29, 1.82) is 0 Å². The molecule has 2 heterocycles. The van der Waals surface area contributed by atoms with Crippen molar-refractivity contribution in [1.82, 2.24) is 9.55 Å². The van der Waals surface area contributed by atoms with Crippen LogP contribution in [0.5, 0.6) is 11.5 Å². The van der Waals surface area contributed by atoms with E-state index in [0.717, 1.165) is 19.5 Å². The second kappa shape index (κ2) is 7.67. The number of fused-ring (bicyclic) bond motifs is 2. The van der Waals surface area contributed by atoms with E-state index < -0.39 is 0 Å². The molecule has 1 aromatic heterocycles. The Morgan fingerprint density at radius 2 is 2.00 bits per heavy atom. The number of H-pyrrole nitrogens is 1. The summed E-state index contributed by atoms with van der Waals surface area (Å²) in [6.07, 6.45) is 0.815. The van der Waals surface area contributed by atoms with Crippen LogP contribution in [0.4, 0.5) is 5.69 Å². The van der Waals surface area contributed by atoms with Gasteiger partial charge < -0.3 is 19.4 Å². The summed E-state index contributed by atoms with van der Waals surface area (Å²) in [5.41, 5.74) is 3.01. The van der Waals surface area contributed by atoms with E-state index in [-0.39, 0.29) is 12.4 Å². The monoisotopic (exact) mass is 397 g/mol. The molecule has 0 radical (unpaired) electrons. The number of anilines is 1. The molecule has 0 unspecified atom stereocenters. The van der Waals surface area contributed by atoms with Gasteiger partial charge in [0.05, 0.1) is 10.9 Å². The Morgan fingerprint density at radius 1 is 1.21 bits per heavy atom. The third kappa shape index (κ3) is 3.49. The van der Waals surface area contributed by atoms with E-state index in [2.05, 4.69) is 48.0 Å². The zero-order valence-corrected chi connectivity index (χ0v) is 16.8. The van der Waals surface area contributed by atoms with E-state index in [1.54, 1.807) is 16.7 Å². The molecular weight excluding hydrogens is 374 g/mol. The number of rotatable bonds is 6. The van der Waals surface area contributed by atoms with Crippen LogP contribution in [-0.4, -0.2) is 29.4 Å². The molecule has 0 saturated heterocycles. The smallest absolute Gasteiger partial charge is 0.262 e. The van der Waals surface area contributed by atoms with E-state index in [0.29, 0.717) is 33.7 Å². The van der Waals surface area contributed by atoms with Crippen LogP contribution in [0.1, 0.15) is 18.9 Å². The van der Waals surface area contributed by atoms with Gasteiger partial charge in [0, 0.05) is 31.4 Å². The van der Waals surface area contributed by atoms with Gasteiger partial charge in [-0.15, -0.1) is 0 Å². The zero-order chi connectivity index (χ0) is 19.7. The largest absolute Gasteiger partial charge is 0.454 e. The van der Waals surface area contributed by atoms with Crippen molar-refractivity contribution < 1.29 is 9.47 Å². The van der Waals surface area contributed by atoms with Crippen LogP contribution in [0.25, 0.3) is 10.9 Å². The average Bonchev–Trinajstić information content (AvgIpc) is 3.13. The molecule has 3 aromatic rings. The van der Waals surface area contributed by atoms with Gasteiger partial charge in [-0.2, -0.15) is 0 Å². The van der Waals surface area contributed by atoms with Crippen molar-refractivity contribution in [3.05, 3.63) is 57.1 Å². The number of aromatic nitrogens is 2. The summed E-state index contributed by atoms with van der Waals surface area (Å²) >= 11 is 5.43. The second-order valence-corrected chi connectivity index (χ2v) is 7.30. The molecule has 2 aromatic carbocycles. The number of nitrogens with zero attached hydrogens (tertiary/aromatic N) is 2. The summed E-state index contributed by atoms with van der Waals surface area (Å²) in [7, 11) is 0. The van der Waals surface area contributed by atoms with E-state index >= 15 is 0 Å². The van der Waals surface area contributed by atoms with Crippen molar-refractivity contribution >= 4 is 28.8 Å². The van der Waals surface area contributed by atoms with E-state index in [1.807, 2.05) is 0 Å². The molecule has 7 heteroatoms. The van der Waals surface area contributed by atoms with Gasteiger partial charge >= 0.3 is 0 Å². The molecule has 0 aliphatic carbocycles. The highest BCUT2D eigenvalue weighted by Gasteiger charge is 2.17. The Bertz CT molecular complexity index is 1140. The van der Waals surface area contributed by atoms with Crippen molar-refractivity contribution in [3.8, 4) is 11.5 Å². The first-order valence-corrected chi connectivity index (χ1v) is 9.85. The van der Waals surface area contributed by atoms with E-state index in [9.17, 15) is 4.79 Å². The Labute approximate surface area is 168 Å². The standard InChI is InChI=1S/C21H23N3O3S/c1-3-23(15-7-4-6-14(2)10-15)8-5-9-24-20(25)16-11-18-19(27-13-26-18)12-17(16)22-21(24)28/h4,6-7,10-12H,3,5,8-9,13H2,1-2H3,(H,22,28). The maximum absolute atomic E-state index is 13.0. The molecule has 28 heavy (non-hydrogen) atoms. The number of aryl methyl sites for hydroxylation is 1. The maximum Gasteiger partial charge on any atom is 0.262 e. The molecule has 0 spiro atoms. The molecular formula is C21H23N3O3S. The number of hydrogen-bond donors (Lipinski definition) is 1. The quantitative estimate of drug-likeness (QED) is 0.637. The molecule has 0 saturated carbocycles. The molecule has 1 aliphatic heterocycles. The number of aromatic amines is 1. The first-order chi connectivity index (χ1) is 13.6. The average molecular weight is 398 g/mol. The number of benzene rings is 2. The van der Waals surface area contributed by atoms with Crippen molar-refractivity contribution in [2.75, 3.05) is 24.8 Å². The Kier molecular flexibility index (Phi) is 5.09. The summed E-state index contributed by atoms with van der Waals surface area (Å²) in [5.74, 6) is 1.23. The minimum absolute atomic E-state index is 0.101. The number of ether oxygens (including phenoxy) is 2. The van der Waals surface area contributed by atoms with Crippen LogP contribution >= 0.6 is 12.2 Å². The Balaban J connectivity index is 1.55. The van der Waals surface area contributed by atoms with Crippen LogP contribution in [0.3, 0.4) is 0 Å². The second-order valence-electron chi connectivity index (χ2n) is 6.91. The van der Waals surface area contributed by atoms with E-state index in [4.69, 9.17) is 21.7 Å². The van der Waals surface area contributed by atoms with Gasteiger partial charge in [0.2, 0.25) is 6.79 Å². The lowest BCUT2D eigenvalue weighted by Gasteiger charge is -2.23. The van der Waals surface area contributed by atoms with Gasteiger partial charge in [0.25, 0.3) is 5.56 Å². The zero-order valence-electron chi connectivity index (χ0n) is 16.0. The van der Waals surface area contributed by atoms with Gasteiger partial charge in [-0.3, -0.25) is 9.36 Å². The minimum Gasteiger partial charge on any atom is -0.454 e. The van der Waals surface area contributed by atoms with Crippen molar-refractivity contribution in [3.63, 3.8) is 0 Å². The van der Waals surface area contributed by atoms with Gasteiger partial charge in [-0.05, 0) is 56.2 Å². The van der Waals surface area contributed by atoms with Crippen LogP contribution in [0.15, 0.2) is 41.2 Å². The van der Waals surface area contributed by atoms with Gasteiger partial charge in [-0.1, -0.05) is 12.1 Å². The van der Waals surface area contributed by atoms with E-state index in [1.165, 1.54) is 11.3 Å². The molecule has 4 rings (SSSR count). The minimum atomic E-state index is -0.101. The predicted molar refractivity (Wildman–Crippen MR) is 113 cm³/mol. The summed E-state index contributed by atoms with van der Waals surface area (Å²) in [6.45, 7) is 6.72. The molecule has 0 amide bonds. The summed E-state index contributed by atoms with van der Waals surface area (Å²) < 4.78 is 12.8. The highest BCUT2D eigenvalue weighted by atomic mass is 32.1. The van der Waals surface area contributed by atoms with Crippen LogP contribution < -0.4 is 19.9 Å². The topological polar surface area (TPSA) is 59.5 Å². The summed E-state index contributed by atoms with van der Waals surface area (Å²) in [4.78, 5) is 18.4. The fourth-order valence-electron chi connectivity index (χ4n) is 3.56. The normalized spacial score (nSPS) is 12.5. The number of nitrogens with one attached hydrogen (secondary N) is 1. The third-order valence-electron chi connectivity index (χ3n) is 5.03. The molecule has 146 valence electrons. The Hall–Kier alpha value is -2.80. The lowest BCUT2D eigenvalue weighted by molar-refractivity contribution is 0.174. The molecule has 1 aliphatic rings. The number of hydrogen-bond acceptors (Lipinski definition) is 5. The SMILES string of the molecule is CCN(CCCn1c(=S)[nH]c2cc3c(cc2c1=O)OCO3)c1cccc(C)c1. The van der Waals surface area contributed by atoms with Crippen LogP contribution in [0, 0.1) is 11.7 Å². The molecule has 0 atom stereocenters. The van der Waals surface area contributed by atoms with Crippen molar-refractivity contribution in [2.24, 2.45) is 0 Å². The fraction of sp³-hybridized carbons (Fsp3) is 0.333. The molecule has 6 nitrogen and oxygen atoms in total. The summed E-state index contributed by atoms with van der Waals surface area (Å²) in [5, 5.41) is 0.559. The third-order valence-corrected chi connectivity index (χ3v) is 5.36. The molecule has 0 bridgehead atoms. The molecule has 1 N–H and O–H groups in total. The lowest BCUT2D eigenvalue weighted by atomic mass is 10.2. The first kappa shape index (κ1) is 18.6. The highest BCUT2D eigenvalue weighted by Crippen LogP contribution is 2.34. The fourth-order valence-corrected chi connectivity index (χ4v) is 3.84. The van der Waals surface area contributed by atoms with Crippen LogP contribution in [-0.2, 0) is 6.54 Å². The summed E-state index contributed by atoms with van der Waals surface area (Å²) in [6, 6.07) is 12.0. The van der Waals surface area contributed by atoms with Crippen molar-refractivity contribution in [2.45, 2.75) is 26.8 Å². The van der Waals surface area contributed by atoms with Gasteiger partial charge in [0.15, 0.2) is 16.3 Å². The predicted octanol–water partition coefficient (Wildman–Crippen LogP) is 4.01. The maximum atomic E-state index is 13.0. The molecule has 0 fully saturated rings. The lowest BCUT2D eigenvalue weighted by Crippen LogP contribution is -2.28. The van der Waals surface area contributed by atoms with Gasteiger partial charge in [0.1, 0.15) is 0 Å². The van der Waals surface area contributed by atoms with Crippen LogP contribution in [0.2, 0.25) is 0 Å². The first-order valence-electron chi connectivity index (χ1n) is 9.45. The Morgan fingerprint density at radius 3 is 2.75 bits per heavy atom. The highest BCUT2D eigenvalue weighted by molar-refractivity contribution is 7.71. The van der Waals surface area contributed by atoms with Gasteiger partial charge in [-0.25, -0.2) is 0 Å².